The smallest absolute Gasteiger partial charge is 0.228 e. The number of nitrogens with one attached hydrogen (secondary N) is 2. The van der Waals surface area contributed by atoms with Crippen molar-refractivity contribution in [1.82, 2.24) is 0 Å². The minimum atomic E-state index is -0.0139. The molecule has 5 rings (SSSR count). The van der Waals surface area contributed by atoms with Gasteiger partial charge in [0.15, 0.2) is 0 Å². The minimum absolute atomic E-state index is 0.0139. The Balaban J connectivity index is 1.18. The Morgan fingerprint density at radius 1 is 0.615 bits per heavy atom. The lowest BCUT2D eigenvalue weighted by molar-refractivity contribution is -0.118. The van der Waals surface area contributed by atoms with Gasteiger partial charge in [-0.25, -0.2) is 0 Å². The van der Waals surface area contributed by atoms with E-state index in [1.807, 2.05) is 25.1 Å². The molecule has 3 aromatic rings. The van der Waals surface area contributed by atoms with Crippen LogP contribution in [0.5, 0.6) is 0 Å². The molecule has 2 saturated carbocycles. The highest BCUT2D eigenvalue weighted by Crippen LogP contribution is 2.49. The van der Waals surface area contributed by atoms with E-state index in [2.05, 4.69) is 101 Å². The molecule has 4 unspecified atom stereocenters. The topological polar surface area (TPSA) is 58.2 Å². The predicted octanol–water partition coefficient (Wildman–Crippen LogP) is 8.07. The van der Waals surface area contributed by atoms with Crippen LogP contribution >= 0.6 is 0 Å². The number of anilines is 2. The molecule has 0 aliphatic heterocycles. The van der Waals surface area contributed by atoms with Crippen LogP contribution in [-0.2, 0) is 20.4 Å². The van der Waals surface area contributed by atoms with Crippen molar-refractivity contribution >= 4 is 23.2 Å². The summed E-state index contributed by atoms with van der Waals surface area (Å²) in [7, 11) is 0. The average molecular weight is 523 g/mol. The summed E-state index contributed by atoms with van der Waals surface area (Å²) in [5.74, 6) is 0.609. The van der Waals surface area contributed by atoms with Gasteiger partial charge in [-0.3, -0.25) is 9.59 Å². The van der Waals surface area contributed by atoms with Gasteiger partial charge in [-0.2, -0.15) is 0 Å². The van der Waals surface area contributed by atoms with Crippen LogP contribution in [-0.4, -0.2) is 11.8 Å². The Bertz CT molecular complexity index is 1270. The molecule has 0 spiro atoms. The van der Waals surface area contributed by atoms with Gasteiger partial charge in [0, 0.05) is 23.2 Å². The van der Waals surface area contributed by atoms with Crippen molar-refractivity contribution in [2.24, 2.45) is 11.8 Å². The molecule has 3 aromatic carbocycles. The van der Waals surface area contributed by atoms with Gasteiger partial charge in [-0.05, 0) is 82.4 Å². The lowest BCUT2D eigenvalue weighted by atomic mass is 9.86. The van der Waals surface area contributed by atoms with Crippen LogP contribution in [0.2, 0.25) is 0 Å². The summed E-state index contributed by atoms with van der Waals surface area (Å²) in [5.41, 5.74) is 7.72. The zero-order chi connectivity index (χ0) is 28.1. The fourth-order valence-corrected chi connectivity index (χ4v) is 5.52. The van der Waals surface area contributed by atoms with Gasteiger partial charge in [0.1, 0.15) is 0 Å². The van der Waals surface area contributed by atoms with Crippen LogP contribution in [0.4, 0.5) is 11.4 Å². The molecular weight excluding hydrogens is 480 g/mol. The Hall–Kier alpha value is -3.40. The third-order valence-corrected chi connectivity index (χ3v) is 8.51. The van der Waals surface area contributed by atoms with Gasteiger partial charge in [0.2, 0.25) is 11.8 Å². The molecule has 2 fully saturated rings. The van der Waals surface area contributed by atoms with Crippen molar-refractivity contribution in [2.45, 2.75) is 84.0 Å². The number of hydrogen-bond acceptors (Lipinski definition) is 2. The van der Waals surface area contributed by atoms with Crippen LogP contribution in [0, 0.1) is 18.8 Å². The Kier molecular flexibility index (Phi) is 6.95. The van der Waals surface area contributed by atoms with E-state index >= 15 is 0 Å². The highest BCUT2D eigenvalue weighted by atomic mass is 16.2. The van der Waals surface area contributed by atoms with Crippen molar-refractivity contribution in [3.63, 3.8) is 0 Å². The molecule has 4 nitrogen and oxygen atoms in total. The van der Waals surface area contributed by atoms with Crippen molar-refractivity contribution in [1.29, 1.82) is 0 Å². The monoisotopic (exact) mass is 522 g/mol. The molecule has 2 amide bonds. The third kappa shape index (κ3) is 5.95. The Morgan fingerprint density at radius 3 is 1.31 bits per heavy atom. The van der Waals surface area contributed by atoms with Gasteiger partial charge >= 0.3 is 0 Å². The van der Waals surface area contributed by atoms with Gasteiger partial charge in [-0.1, -0.05) is 96.1 Å². The fraction of sp³-hybridized carbons (Fsp3) is 0.429. The van der Waals surface area contributed by atoms with E-state index in [-0.39, 0.29) is 46.3 Å². The van der Waals surface area contributed by atoms with Crippen LogP contribution in [0.15, 0.2) is 66.7 Å². The predicted molar refractivity (Wildman–Crippen MR) is 160 cm³/mol. The van der Waals surface area contributed by atoms with E-state index in [4.69, 9.17) is 0 Å². The quantitative estimate of drug-likeness (QED) is 0.344. The first-order valence-electron chi connectivity index (χ1n) is 14.2. The lowest BCUT2D eigenvalue weighted by Gasteiger charge is -2.19. The van der Waals surface area contributed by atoms with E-state index < -0.39 is 0 Å². The van der Waals surface area contributed by atoms with Crippen LogP contribution in [0.25, 0.3) is 0 Å². The molecule has 4 heteroatoms. The normalized spacial score (nSPS) is 22.2. The summed E-state index contributed by atoms with van der Waals surface area (Å²) in [4.78, 5) is 26.2. The zero-order valence-corrected chi connectivity index (χ0v) is 24.4. The van der Waals surface area contributed by atoms with E-state index in [1.54, 1.807) is 0 Å². The molecule has 2 N–H and O–H groups in total. The lowest BCUT2D eigenvalue weighted by Crippen LogP contribution is -2.18. The number of rotatable bonds is 6. The van der Waals surface area contributed by atoms with Crippen molar-refractivity contribution < 1.29 is 9.59 Å². The van der Waals surface area contributed by atoms with Gasteiger partial charge < -0.3 is 10.6 Å². The molecule has 0 saturated heterocycles. The summed E-state index contributed by atoms with van der Waals surface area (Å²) in [6, 6.07) is 23.1. The molecule has 0 bridgehead atoms. The highest BCUT2D eigenvalue weighted by molar-refractivity contribution is 5.99. The molecular formula is C35H42N2O2. The summed E-state index contributed by atoms with van der Waals surface area (Å²) in [6.07, 6.45) is 1.74. The van der Waals surface area contributed by atoms with Gasteiger partial charge in [-0.15, -0.1) is 0 Å². The van der Waals surface area contributed by atoms with Crippen molar-refractivity contribution in [2.75, 3.05) is 10.6 Å². The number of benzene rings is 3. The maximum absolute atomic E-state index is 13.1. The number of carbonyl (C=O) groups excluding carboxylic acids is 2. The molecule has 2 aliphatic rings. The number of hydrogen-bond donors (Lipinski definition) is 2. The number of carbonyl (C=O) groups is 2. The third-order valence-electron chi connectivity index (χ3n) is 8.51. The Morgan fingerprint density at radius 2 is 0.974 bits per heavy atom. The van der Waals surface area contributed by atoms with Crippen LogP contribution < -0.4 is 10.6 Å². The first-order chi connectivity index (χ1) is 18.3. The summed E-state index contributed by atoms with van der Waals surface area (Å²) >= 11 is 0. The van der Waals surface area contributed by atoms with E-state index in [0.717, 1.165) is 29.8 Å². The van der Waals surface area contributed by atoms with Crippen molar-refractivity contribution in [3.8, 4) is 0 Å². The van der Waals surface area contributed by atoms with E-state index in [0.29, 0.717) is 0 Å². The highest BCUT2D eigenvalue weighted by Gasteiger charge is 2.45. The van der Waals surface area contributed by atoms with Gasteiger partial charge in [0.25, 0.3) is 0 Å². The molecule has 0 heterocycles. The molecule has 4 atom stereocenters. The fourth-order valence-electron chi connectivity index (χ4n) is 5.52. The van der Waals surface area contributed by atoms with Crippen LogP contribution in [0.1, 0.15) is 94.0 Å². The summed E-state index contributed by atoms with van der Waals surface area (Å²) < 4.78 is 0. The first-order valence-corrected chi connectivity index (χ1v) is 14.2. The first kappa shape index (κ1) is 27.2. The summed E-state index contributed by atoms with van der Waals surface area (Å²) in [6.45, 7) is 15.2. The molecule has 204 valence electrons. The Labute approximate surface area is 233 Å². The van der Waals surface area contributed by atoms with Crippen LogP contribution in [0.3, 0.4) is 0 Å². The molecule has 2 aliphatic carbocycles. The molecule has 0 aromatic heterocycles. The second kappa shape index (κ2) is 9.97. The second-order valence-electron chi connectivity index (χ2n) is 13.6. The van der Waals surface area contributed by atoms with E-state index in [9.17, 15) is 9.59 Å². The maximum Gasteiger partial charge on any atom is 0.228 e. The molecule has 39 heavy (non-hydrogen) atoms. The summed E-state index contributed by atoms with van der Waals surface area (Å²) in [5, 5.41) is 6.26. The maximum atomic E-state index is 13.1. The SMILES string of the molecule is Cc1c(NC(=O)C2CC2c2ccc(C(C)(C)C)cc2)cccc1NC(=O)C1CC1c1ccc(C(C)(C)C)cc1. The van der Waals surface area contributed by atoms with Crippen molar-refractivity contribution in [3.05, 3.63) is 94.5 Å². The standard InChI is InChI=1S/C35H42N2O2/c1-21-30(36-32(38)28-19-26(28)22-11-15-24(16-12-22)34(2,3)4)9-8-10-31(21)37-33(39)29-20-27(29)23-13-17-25(18-14-23)35(5,6)7/h8-18,26-29H,19-20H2,1-7H3,(H,36,38)(H,37,39). The second-order valence-corrected chi connectivity index (χ2v) is 13.6. The number of amides is 2. The van der Waals surface area contributed by atoms with Gasteiger partial charge in [0.05, 0.1) is 0 Å². The van der Waals surface area contributed by atoms with E-state index in [1.165, 1.54) is 22.3 Å². The minimum Gasteiger partial charge on any atom is -0.326 e. The largest absolute Gasteiger partial charge is 0.326 e. The zero-order valence-electron chi connectivity index (χ0n) is 24.4. The molecule has 0 radical (unpaired) electrons. The average Bonchev–Trinajstić information content (AvgIpc) is 3.79.